The van der Waals surface area contributed by atoms with Crippen LogP contribution in [-0.2, 0) is 13.6 Å². The molecule has 0 radical (unpaired) electrons. The van der Waals surface area contributed by atoms with E-state index in [0.717, 1.165) is 28.8 Å². The summed E-state index contributed by atoms with van der Waals surface area (Å²) < 4.78 is 12.6. The van der Waals surface area contributed by atoms with Crippen molar-refractivity contribution in [2.45, 2.75) is 6.54 Å². The van der Waals surface area contributed by atoms with Crippen molar-refractivity contribution in [2.75, 3.05) is 38.5 Å². The summed E-state index contributed by atoms with van der Waals surface area (Å²) in [6.07, 6.45) is 1.87. The molecule has 0 atom stereocenters. The maximum Gasteiger partial charge on any atom is 0.204 e. The number of rotatable bonds is 6. The van der Waals surface area contributed by atoms with Gasteiger partial charge >= 0.3 is 0 Å². The Hall–Kier alpha value is -2.37. The lowest BCUT2D eigenvalue weighted by Crippen LogP contribution is -2.15. The van der Waals surface area contributed by atoms with Crippen LogP contribution in [0.1, 0.15) is 5.69 Å². The highest BCUT2D eigenvalue weighted by atomic mass is 16.5. The number of nitrogens with one attached hydrogen (secondary N) is 1. The Balaban J connectivity index is 2.13. The van der Waals surface area contributed by atoms with Crippen LogP contribution in [0.2, 0.25) is 0 Å². The van der Waals surface area contributed by atoms with Gasteiger partial charge in [-0.2, -0.15) is 0 Å². The van der Waals surface area contributed by atoms with E-state index in [4.69, 9.17) is 9.47 Å². The van der Waals surface area contributed by atoms with Gasteiger partial charge in [0, 0.05) is 27.2 Å². The van der Waals surface area contributed by atoms with Gasteiger partial charge in [-0.1, -0.05) is 0 Å². The minimum absolute atomic E-state index is 0.667. The summed E-state index contributed by atoms with van der Waals surface area (Å²) >= 11 is 0. The standard InChI is InChI=1S/C15H22N4O2/c1-18(2)15-17-10-11(19(15)3)9-16-13-7-6-12(20-4)8-14(13)21-5/h6-8,10,16H,9H2,1-5H3. The quantitative estimate of drug-likeness (QED) is 0.883. The van der Waals surface area contributed by atoms with Gasteiger partial charge < -0.3 is 24.3 Å². The number of nitrogens with zero attached hydrogens (tertiary/aromatic N) is 3. The molecule has 21 heavy (non-hydrogen) atoms. The number of anilines is 2. The lowest BCUT2D eigenvalue weighted by atomic mass is 10.2. The minimum atomic E-state index is 0.667. The molecule has 0 aliphatic carbocycles. The second-order valence-electron chi connectivity index (χ2n) is 4.92. The van der Waals surface area contributed by atoms with E-state index in [1.165, 1.54) is 0 Å². The van der Waals surface area contributed by atoms with Crippen LogP contribution < -0.4 is 19.7 Å². The highest BCUT2D eigenvalue weighted by molar-refractivity contribution is 5.59. The monoisotopic (exact) mass is 290 g/mol. The molecule has 0 saturated heterocycles. The van der Waals surface area contributed by atoms with Crippen LogP contribution in [0.5, 0.6) is 11.5 Å². The number of ether oxygens (including phenoxy) is 2. The van der Waals surface area contributed by atoms with Crippen LogP contribution >= 0.6 is 0 Å². The van der Waals surface area contributed by atoms with E-state index in [1.807, 2.05) is 50.4 Å². The Bertz CT molecular complexity index is 608. The second kappa shape index (κ2) is 6.39. The van der Waals surface area contributed by atoms with Gasteiger partial charge in [-0.05, 0) is 12.1 Å². The van der Waals surface area contributed by atoms with Gasteiger partial charge in [-0.15, -0.1) is 0 Å². The maximum absolute atomic E-state index is 5.38. The smallest absolute Gasteiger partial charge is 0.204 e. The van der Waals surface area contributed by atoms with E-state index in [0.29, 0.717) is 6.54 Å². The fraction of sp³-hybridized carbons (Fsp3) is 0.400. The van der Waals surface area contributed by atoms with Gasteiger partial charge in [0.25, 0.3) is 0 Å². The zero-order chi connectivity index (χ0) is 15.4. The molecule has 1 aromatic heterocycles. The third-order valence-corrected chi connectivity index (χ3v) is 3.33. The fourth-order valence-electron chi connectivity index (χ4n) is 2.14. The van der Waals surface area contributed by atoms with Crippen molar-refractivity contribution in [3.63, 3.8) is 0 Å². The Kier molecular flexibility index (Phi) is 4.57. The Morgan fingerprint density at radius 1 is 1.24 bits per heavy atom. The highest BCUT2D eigenvalue weighted by Crippen LogP contribution is 2.29. The molecule has 114 valence electrons. The number of hydrogen-bond acceptors (Lipinski definition) is 5. The summed E-state index contributed by atoms with van der Waals surface area (Å²) in [6, 6.07) is 5.71. The van der Waals surface area contributed by atoms with Crippen LogP contribution in [0.15, 0.2) is 24.4 Å². The van der Waals surface area contributed by atoms with Crippen molar-refractivity contribution in [1.29, 1.82) is 0 Å². The third kappa shape index (κ3) is 3.21. The molecule has 1 heterocycles. The first-order valence-electron chi connectivity index (χ1n) is 6.70. The normalized spacial score (nSPS) is 10.3. The Labute approximate surface area is 125 Å². The molecule has 0 saturated carbocycles. The number of aromatic nitrogens is 2. The Morgan fingerprint density at radius 3 is 2.57 bits per heavy atom. The average Bonchev–Trinajstić information content (AvgIpc) is 2.86. The third-order valence-electron chi connectivity index (χ3n) is 3.33. The van der Waals surface area contributed by atoms with Crippen molar-refractivity contribution in [2.24, 2.45) is 7.05 Å². The molecule has 1 N–H and O–H groups in total. The van der Waals surface area contributed by atoms with Crippen LogP contribution in [0, 0.1) is 0 Å². The van der Waals surface area contributed by atoms with Gasteiger partial charge in [0.2, 0.25) is 5.95 Å². The van der Waals surface area contributed by atoms with E-state index < -0.39 is 0 Å². The lowest BCUT2D eigenvalue weighted by Gasteiger charge is -2.14. The molecule has 0 aliphatic heterocycles. The first-order chi connectivity index (χ1) is 10.1. The predicted molar refractivity (Wildman–Crippen MR) is 84.4 cm³/mol. The summed E-state index contributed by atoms with van der Waals surface area (Å²) in [5.74, 6) is 2.45. The molecule has 0 fully saturated rings. The minimum Gasteiger partial charge on any atom is -0.497 e. The molecular formula is C15H22N4O2. The van der Waals surface area contributed by atoms with Crippen LogP contribution in [0.3, 0.4) is 0 Å². The number of methoxy groups -OCH3 is 2. The average molecular weight is 290 g/mol. The number of imidazole rings is 1. The van der Waals surface area contributed by atoms with Gasteiger partial charge in [0.15, 0.2) is 0 Å². The van der Waals surface area contributed by atoms with Crippen molar-refractivity contribution >= 4 is 11.6 Å². The number of hydrogen-bond donors (Lipinski definition) is 1. The number of benzene rings is 1. The Morgan fingerprint density at radius 2 is 2.00 bits per heavy atom. The first-order valence-corrected chi connectivity index (χ1v) is 6.70. The zero-order valence-electron chi connectivity index (χ0n) is 13.2. The molecule has 2 rings (SSSR count). The van der Waals surface area contributed by atoms with Gasteiger partial charge in [0.05, 0.1) is 38.3 Å². The van der Waals surface area contributed by atoms with Crippen molar-refractivity contribution in [3.05, 3.63) is 30.1 Å². The summed E-state index contributed by atoms with van der Waals surface area (Å²) in [7, 11) is 9.25. The summed E-state index contributed by atoms with van der Waals surface area (Å²) in [6.45, 7) is 0.667. The molecule has 6 heteroatoms. The second-order valence-corrected chi connectivity index (χ2v) is 4.92. The molecule has 2 aromatic rings. The van der Waals surface area contributed by atoms with Crippen molar-refractivity contribution in [1.82, 2.24) is 9.55 Å². The highest BCUT2D eigenvalue weighted by Gasteiger charge is 2.09. The molecule has 1 aromatic carbocycles. The van der Waals surface area contributed by atoms with Gasteiger partial charge in [-0.3, -0.25) is 0 Å². The fourth-order valence-corrected chi connectivity index (χ4v) is 2.14. The van der Waals surface area contributed by atoms with Crippen molar-refractivity contribution < 1.29 is 9.47 Å². The van der Waals surface area contributed by atoms with Gasteiger partial charge in [0.1, 0.15) is 11.5 Å². The summed E-state index contributed by atoms with van der Waals surface area (Å²) in [4.78, 5) is 6.38. The maximum atomic E-state index is 5.38. The molecule has 0 amide bonds. The first kappa shape index (κ1) is 15.0. The summed E-state index contributed by atoms with van der Waals surface area (Å²) in [5.41, 5.74) is 2.02. The topological polar surface area (TPSA) is 51.5 Å². The van der Waals surface area contributed by atoms with Crippen LogP contribution in [0.4, 0.5) is 11.6 Å². The van der Waals surface area contributed by atoms with Gasteiger partial charge in [-0.25, -0.2) is 4.98 Å². The largest absolute Gasteiger partial charge is 0.497 e. The molecule has 0 bridgehead atoms. The molecule has 0 aliphatic rings. The van der Waals surface area contributed by atoms with Crippen LogP contribution in [0.25, 0.3) is 0 Å². The SMILES string of the molecule is COc1ccc(NCc2cnc(N(C)C)n2C)c(OC)c1. The molecule has 6 nitrogen and oxygen atoms in total. The molecule has 0 unspecified atom stereocenters. The van der Waals surface area contributed by atoms with E-state index in [9.17, 15) is 0 Å². The van der Waals surface area contributed by atoms with E-state index in [2.05, 4.69) is 14.9 Å². The van der Waals surface area contributed by atoms with Crippen LogP contribution in [-0.4, -0.2) is 37.9 Å². The van der Waals surface area contributed by atoms with E-state index >= 15 is 0 Å². The van der Waals surface area contributed by atoms with E-state index in [1.54, 1.807) is 14.2 Å². The zero-order valence-corrected chi connectivity index (χ0v) is 13.2. The van der Waals surface area contributed by atoms with E-state index in [-0.39, 0.29) is 0 Å². The van der Waals surface area contributed by atoms with Crippen molar-refractivity contribution in [3.8, 4) is 11.5 Å². The lowest BCUT2D eigenvalue weighted by molar-refractivity contribution is 0.395. The molecule has 0 spiro atoms. The predicted octanol–water partition coefficient (Wildman–Crippen LogP) is 2.12. The molecular weight excluding hydrogens is 268 g/mol. The summed E-state index contributed by atoms with van der Waals surface area (Å²) in [5, 5.41) is 3.36.